The lowest BCUT2D eigenvalue weighted by atomic mass is 10.4. The standard InChI is InChI=1S/C13H20F3N5OS/c1-8-9(2)23-10(20-8)5-18-12(17-3)19-6-11(22)21(4)7-13(14,15)16/h5-7H2,1-4H3,(H2,17,18,19). The molecule has 0 unspecified atom stereocenters. The van der Waals surface area contributed by atoms with Crippen LogP contribution >= 0.6 is 11.3 Å². The number of carbonyl (C=O) groups is 1. The summed E-state index contributed by atoms with van der Waals surface area (Å²) in [6.45, 7) is 2.75. The van der Waals surface area contributed by atoms with Gasteiger partial charge in [0.2, 0.25) is 5.91 Å². The van der Waals surface area contributed by atoms with Crippen LogP contribution in [0.1, 0.15) is 15.6 Å². The number of aromatic nitrogens is 1. The zero-order valence-corrected chi connectivity index (χ0v) is 14.2. The number of alkyl halides is 3. The van der Waals surface area contributed by atoms with Gasteiger partial charge in [-0.15, -0.1) is 11.3 Å². The largest absolute Gasteiger partial charge is 0.406 e. The molecule has 0 fully saturated rings. The second kappa shape index (κ2) is 8.14. The number of nitrogens with one attached hydrogen (secondary N) is 2. The minimum Gasteiger partial charge on any atom is -0.350 e. The summed E-state index contributed by atoms with van der Waals surface area (Å²) in [5.41, 5.74) is 0.957. The van der Waals surface area contributed by atoms with Crippen molar-refractivity contribution in [1.29, 1.82) is 0 Å². The van der Waals surface area contributed by atoms with Crippen LogP contribution in [0.5, 0.6) is 0 Å². The molecule has 0 atom stereocenters. The van der Waals surface area contributed by atoms with Gasteiger partial charge in [0.25, 0.3) is 0 Å². The highest BCUT2D eigenvalue weighted by molar-refractivity contribution is 7.11. The lowest BCUT2D eigenvalue weighted by Crippen LogP contribution is -2.45. The number of guanidine groups is 1. The Morgan fingerprint density at radius 1 is 1.35 bits per heavy atom. The molecule has 0 aliphatic rings. The van der Waals surface area contributed by atoms with Crippen LogP contribution in [0.15, 0.2) is 4.99 Å². The molecule has 1 aromatic heterocycles. The first kappa shape index (κ1) is 19.2. The van der Waals surface area contributed by atoms with Crippen molar-refractivity contribution in [3.63, 3.8) is 0 Å². The molecule has 0 aromatic carbocycles. The fourth-order valence-corrected chi connectivity index (χ4v) is 2.52. The molecule has 0 aliphatic carbocycles. The lowest BCUT2D eigenvalue weighted by molar-refractivity contribution is -0.157. The summed E-state index contributed by atoms with van der Waals surface area (Å²) in [6, 6.07) is 0. The van der Waals surface area contributed by atoms with Gasteiger partial charge < -0.3 is 15.5 Å². The Labute approximate surface area is 136 Å². The summed E-state index contributed by atoms with van der Waals surface area (Å²) >= 11 is 1.55. The van der Waals surface area contributed by atoms with Crippen molar-refractivity contribution >= 4 is 23.2 Å². The van der Waals surface area contributed by atoms with E-state index in [2.05, 4.69) is 20.6 Å². The molecule has 1 aromatic rings. The summed E-state index contributed by atoms with van der Waals surface area (Å²) in [4.78, 5) is 21.6. The second-order valence-electron chi connectivity index (χ2n) is 4.89. The third-order valence-electron chi connectivity index (χ3n) is 2.95. The van der Waals surface area contributed by atoms with Crippen LogP contribution in [0, 0.1) is 13.8 Å². The quantitative estimate of drug-likeness (QED) is 0.622. The third kappa shape index (κ3) is 6.85. The summed E-state index contributed by atoms with van der Waals surface area (Å²) in [5.74, 6) is -0.351. The topological polar surface area (TPSA) is 69.6 Å². The SMILES string of the molecule is CN=C(NCC(=O)N(C)CC(F)(F)F)NCc1nc(C)c(C)s1. The van der Waals surface area contributed by atoms with Crippen LogP contribution in [0.2, 0.25) is 0 Å². The lowest BCUT2D eigenvalue weighted by Gasteiger charge is -2.19. The molecule has 10 heteroatoms. The van der Waals surface area contributed by atoms with E-state index >= 15 is 0 Å². The number of carbonyl (C=O) groups excluding carboxylic acids is 1. The van der Waals surface area contributed by atoms with Crippen molar-refractivity contribution in [3.05, 3.63) is 15.6 Å². The molecule has 0 radical (unpaired) electrons. The molecule has 6 nitrogen and oxygen atoms in total. The fourth-order valence-electron chi connectivity index (χ4n) is 1.65. The molecule has 0 spiro atoms. The van der Waals surface area contributed by atoms with Gasteiger partial charge in [0, 0.05) is 19.0 Å². The Morgan fingerprint density at radius 3 is 2.48 bits per heavy atom. The zero-order chi connectivity index (χ0) is 17.6. The number of aryl methyl sites for hydroxylation is 2. The Morgan fingerprint density at radius 2 is 2.00 bits per heavy atom. The van der Waals surface area contributed by atoms with Gasteiger partial charge in [0.05, 0.1) is 18.8 Å². The Bertz CT molecular complexity index is 551. The minimum atomic E-state index is -4.41. The number of halogens is 3. The number of thiazole rings is 1. The van der Waals surface area contributed by atoms with Crippen LogP contribution in [0.3, 0.4) is 0 Å². The fraction of sp³-hybridized carbons (Fsp3) is 0.615. The first-order valence-corrected chi connectivity index (χ1v) is 7.62. The van der Waals surface area contributed by atoms with Crippen molar-refractivity contribution in [2.75, 3.05) is 27.2 Å². The van der Waals surface area contributed by atoms with Crippen LogP contribution in [0.25, 0.3) is 0 Å². The Hall–Kier alpha value is -1.84. The molecule has 0 saturated heterocycles. The van der Waals surface area contributed by atoms with Crippen LogP contribution in [0.4, 0.5) is 13.2 Å². The van der Waals surface area contributed by atoms with Crippen molar-refractivity contribution < 1.29 is 18.0 Å². The number of hydrogen-bond acceptors (Lipinski definition) is 4. The minimum absolute atomic E-state index is 0.276. The monoisotopic (exact) mass is 351 g/mol. The zero-order valence-electron chi connectivity index (χ0n) is 13.4. The van der Waals surface area contributed by atoms with E-state index in [1.165, 1.54) is 7.05 Å². The van der Waals surface area contributed by atoms with Crippen molar-refractivity contribution in [2.45, 2.75) is 26.6 Å². The molecule has 1 amide bonds. The Balaban J connectivity index is 2.43. The summed E-state index contributed by atoms with van der Waals surface area (Å²) in [5, 5.41) is 6.51. The molecule has 23 heavy (non-hydrogen) atoms. The van der Waals surface area contributed by atoms with Gasteiger partial charge in [-0.05, 0) is 13.8 Å². The first-order valence-electron chi connectivity index (χ1n) is 6.80. The Kier molecular flexibility index (Phi) is 6.79. The summed E-state index contributed by atoms with van der Waals surface area (Å²) < 4.78 is 36.7. The van der Waals surface area contributed by atoms with E-state index in [9.17, 15) is 18.0 Å². The van der Waals surface area contributed by atoms with Gasteiger partial charge in [-0.25, -0.2) is 4.98 Å². The average Bonchev–Trinajstić information content (AvgIpc) is 2.75. The van der Waals surface area contributed by atoms with E-state index < -0.39 is 18.6 Å². The van der Waals surface area contributed by atoms with Crippen molar-refractivity contribution in [3.8, 4) is 0 Å². The number of amides is 1. The van der Waals surface area contributed by atoms with Crippen LogP contribution in [-0.2, 0) is 11.3 Å². The highest BCUT2D eigenvalue weighted by atomic mass is 32.1. The van der Waals surface area contributed by atoms with Gasteiger partial charge in [-0.3, -0.25) is 9.79 Å². The van der Waals surface area contributed by atoms with Gasteiger partial charge in [0.1, 0.15) is 11.6 Å². The molecular formula is C13H20F3N5OS. The molecule has 0 saturated carbocycles. The summed E-state index contributed by atoms with van der Waals surface area (Å²) in [7, 11) is 2.62. The molecule has 0 aliphatic heterocycles. The molecule has 1 rings (SSSR count). The van der Waals surface area contributed by atoms with E-state index in [1.807, 2.05) is 13.8 Å². The van der Waals surface area contributed by atoms with Gasteiger partial charge in [-0.1, -0.05) is 0 Å². The first-order chi connectivity index (χ1) is 10.6. The van der Waals surface area contributed by atoms with E-state index in [1.54, 1.807) is 11.3 Å². The van der Waals surface area contributed by atoms with E-state index in [-0.39, 0.29) is 6.54 Å². The normalized spacial score (nSPS) is 12.2. The van der Waals surface area contributed by atoms with E-state index in [4.69, 9.17) is 0 Å². The highest BCUT2D eigenvalue weighted by Gasteiger charge is 2.31. The molecule has 1 heterocycles. The number of aliphatic imine (C=N–C) groups is 1. The predicted octanol–water partition coefficient (Wildman–Crippen LogP) is 1.45. The van der Waals surface area contributed by atoms with E-state index in [0.717, 1.165) is 22.6 Å². The van der Waals surface area contributed by atoms with Gasteiger partial charge in [-0.2, -0.15) is 13.2 Å². The summed E-state index contributed by atoms with van der Waals surface area (Å²) in [6.07, 6.45) is -4.41. The number of nitrogens with zero attached hydrogens (tertiary/aromatic N) is 3. The second-order valence-corrected chi connectivity index (χ2v) is 6.18. The number of rotatable bonds is 5. The van der Waals surface area contributed by atoms with Crippen LogP contribution in [-0.4, -0.2) is 55.1 Å². The number of hydrogen-bond donors (Lipinski definition) is 2. The average molecular weight is 351 g/mol. The molecular weight excluding hydrogens is 331 g/mol. The number of likely N-dealkylation sites (N-methyl/N-ethyl adjacent to an activating group) is 1. The maximum atomic E-state index is 12.2. The molecule has 0 bridgehead atoms. The highest BCUT2D eigenvalue weighted by Crippen LogP contribution is 2.16. The van der Waals surface area contributed by atoms with Crippen molar-refractivity contribution in [2.24, 2.45) is 4.99 Å². The smallest absolute Gasteiger partial charge is 0.350 e. The predicted molar refractivity (Wildman–Crippen MR) is 83.5 cm³/mol. The van der Waals surface area contributed by atoms with E-state index in [0.29, 0.717) is 17.4 Å². The molecule has 130 valence electrons. The maximum absolute atomic E-state index is 12.2. The van der Waals surface area contributed by atoms with Gasteiger partial charge in [0.15, 0.2) is 5.96 Å². The van der Waals surface area contributed by atoms with Crippen molar-refractivity contribution in [1.82, 2.24) is 20.5 Å². The van der Waals surface area contributed by atoms with Gasteiger partial charge >= 0.3 is 6.18 Å². The molecule has 2 N–H and O–H groups in total. The maximum Gasteiger partial charge on any atom is 0.406 e. The van der Waals surface area contributed by atoms with Crippen LogP contribution < -0.4 is 10.6 Å². The third-order valence-corrected chi connectivity index (χ3v) is 4.03.